The molecule has 2 N–H and O–H groups in total. The zero-order valence-electron chi connectivity index (χ0n) is 16.0. The maximum Gasteiger partial charge on any atom is 0.243 e. The van der Waals surface area contributed by atoms with Crippen molar-refractivity contribution in [2.75, 3.05) is 0 Å². The molecule has 140 valence electrons. The molecule has 2 amide bonds. The molecule has 0 aromatic heterocycles. The highest BCUT2D eigenvalue weighted by Crippen LogP contribution is 2.60. The minimum atomic E-state index is -0.401. The lowest BCUT2D eigenvalue weighted by atomic mass is 9.49. The van der Waals surface area contributed by atoms with Crippen LogP contribution in [0, 0.1) is 35.0 Å². The van der Waals surface area contributed by atoms with Crippen LogP contribution in [0.15, 0.2) is 0 Å². The first-order chi connectivity index (χ1) is 11.9. The molecule has 5 aliphatic carbocycles. The van der Waals surface area contributed by atoms with Crippen molar-refractivity contribution < 1.29 is 9.59 Å². The minimum Gasteiger partial charge on any atom is -0.352 e. The summed E-state index contributed by atoms with van der Waals surface area (Å²) in [5.74, 6) is 3.17. The summed E-state index contributed by atoms with van der Waals surface area (Å²) in [5, 5.41) is 6.34. The van der Waals surface area contributed by atoms with Crippen LogP contribution in [-0.2, 0) is 9.59 Å². The monoisotopic (exact) mass is 346 g/mol. The number of amides is 2. The number of carbonyl (C=O) groups is 2. The molecule has 4 heteroatoms. The van der Waals surface area contributed by atoms with Gasteiger partial charge in [0.05, 0.1) is 0 Å². The van der Waals surface area contributed by atoms with E-state index in [1.54, 1.807) is 0 Å². The molecule has 4 nitrogen and oxygen atoms in total. The van der Waals surface area contributed by atoms with Crippen molar-refractivity contribution in [2.24, 2.45) is 35.0 Å². The van der Waals surface area contributed by atoms with Gasteiger partial charge in [0.25, 0.3) is 0 Å². The molecule has 25 heavy (non-hydrogen) atoms. The van der Waals surface area contributed by atoms with Crippen LogP contribution in [0.5, 0.6) is 0 Å². The standard InChI is InChI=1S/C21H34N2O2/c1-12(2)18(19(24)22-13(3)17-4-5-17)23-20(25)21-9-14-6-15(10-21)8-16(7-14)11-21/h12-18H,4-11H2,1-3H3,(H,22,24)(H,23,25). The van der Waals surface area contributed by atoms with E-state index in [0.717, 1.165) is 37.0 Å². The fourth-order valence-electron chi connectivity index (χ4n) is 6.25. The van der Waals surface area contributed by atoms with Gasteiger partial charge in [-0.05, 0) is 87.9 Å². The molecule has 5 saturated carbocycles. The van der Waals surface area contributed by atoms with Gasteiger partial charge >= 0.3 is 0 Å². The number of nitrogens with one attached hydrogen (secondary N) is 2. The van der Waals surface area contributed by atoms with Gasteiger partial charge in [0.2, 0.25) is 11.8 Å². The van der Waals surface area contributed by atoms with Crippen molar-refractivity contribution in [2.45, 2.75) is 84.2 Å². The first kappa shape index (κ1) is 17.4. The van der Waals surface area contributed by atoms with Crippen LogP contribution in [0.2, 0.25) is 0 Å². The summed E-state index contributed by atoms with van der Waals surface area (Å²) in [6.45, 7) is 6.16. The third-order valence-corrected chi connectivity index (χ3v) is 7.45. The molecular weight excluding hydrogens is 312 g/mol. The van der Waals surface area contributed by atoms with Crippen LogP contribution >= 0.6 is 0 Å². The Kier molecular flexibility index (Phi) is 4.36. The lowest BCUT2D eigenvalue weighted by molar-refractivity contribution is -0.149. The van der Waals surface area contributed by atoms with E-state index in [0.29, 0.717) is 5.92 Å². The molecule has 4 bridgehead atoms. The van der Waals surface area contributed by atoms with Gasteiger partial charge in [-0.15, -0.1) is 0 Å². The Hall–Kier alpha value is -1.06. The lowest BCUT2D eigenvalue weighted by Crippen LogP contribution is -2.59. The van der Waals surface area contributed by atoms with Crippen LogP contribution in [-0.4, -0.2) is 23.9 Å². The molecule has 0 heterocycles. The van der Waals surface area contributed by atoms with Gasteiger partial charge in [0.15, 0.2) is 0 Å². The Morgan fingerprint density at radius 1 is 0.880 bits per heavy atom. The Balaban J connectivity index is 1.43. The van der Waals surface area contributed by atoms with Gasteiger partial charge < -0.3 is 10.6 Å². The fraction of sp³-hybridized carbons (Fsp3) is 0.905. The van der Waals surface area contributed by atoms with Gasteiger partial charge in [-0.3, -0.25) is 9.59 Å². The smallest absolute Gasteiger partial charge is 0.243 e. The predicted molar refractivity (Wildman–Crippen MR) is 97.7 cm³/mol. The number of hydrogen-bond donors (Lipinski definition) is 2. The average Bonchev–Trinajstić information content (AvgIpc) is 3.35. The van der Waals surface area contributed by atoms with E-state index in [1.807, 2.05) is 13.8 Å². The van der Waals surface area contributed by atoms with Crippen LogP contribution in [0.25, 0.3) is 0 Å². The summed E-state index contributed by atoms with van der Waals surface area (Å²) in [5.41, 5.74) is -0.176. The summed E-state index contributed by atoms with van der Waals surface area (Å²) in [4.78, 5) is 26.0. The topological polar surface area (TPSA) is 58.2 Å². The van der Waals surface area contributed by atoms with E-state index in [1.165, 1.54) is 32.1 Å². The van der Waals surface area contributed by atoms with Crippen molar-refractivity contribution >= 4 is 11.8 Å². The highest BCUT2D eigenvalue weighted by molar-refractivity contribution is 5.90. The summed E-state index contributed by atoms with van der Waals surface area (Å²) in [7, 11) is 0. The van der Waals surface area contributed by atoms with Crippen molar-refractivity contribution in [3.05, 3.63) is 0 Å². The second kappa shape index (κ2) is 6.28. The normalized spacial score (nSPS) is 38.5. The van der Waals surface area contributed by atoms with E-state index in [9.17, 15) is 9.59 Å². The molecule has 2 unspecified atom stereocenters. The van der Waals surface area contributed by atoms with Crippen molar-refractivity contribution in [3.63, 3.8) is 0 Å². The fourth-order valence-corrected chi connectivity index (χ4v) is 6.25. The zero-order valence-corrected chi connectivity index (χ0v) is 16.0. The molecule has 5 aliphatic rings. The highest BCUT2D eigenvalue weighted by Gasteiger charge is 2.55. The highest BCUT2D eigenvalue weighted by atomic mass is 16.2. The SMILES string of the molecule is CC(C)C(NC(=O)C12CC3CC(CC(C3)C1)C2)C(=O)NC(C)C1CC1. The van der Waals surface area contributed by atoms with E-state index in [-0.39, 0.29) is 29.2 Å². The Morgan fingerprint density at radius 2 is 1.40 bits per heavy atom. The molecule has 5 fully saturated rings. The average molecular weight is 347 g/mol. The summed E-state index contributed by atoms with van der Waals surface area (Å²) in [6.07, 6.45) is 9.58. The second-order valence-corrected chi connectivity index (χ2v) is 10.0. The maximum absolute atomic E-state index is 13.3. The number of carbonyl (C=O) groups excluding carboxylic acids is 2. The molecule has 0 aliphatic heterocycles. The molecule has 0 aromatic rings. The van der Waals surface area contributed by atoms with Gasteiger partial charge in [-0.1, -0.05) is 13.8 Å². The van der Waals surface area contributed by atoms with Gasteiger partial charge in [0, 0.05) is 11.5 Å². The molecule has 5 rings (SSSR count). The summed E-state index contributed by atoms with van der Waals surface area (Å²) in [6, 6.07) is -0.174. The van der Waals surface area contributed by atoms with E-state index < -0.39 is 6.04 Å². The van der Waals surface area contributed by atoms with E-state index in [4.69, 9.17) is 0 Å². The van der Waals surface area contributed by atoms with Crippen molar-refractivity contribution in [1.29, 1.82) is 0 Å². The van der Waals surface area contributed by atoms with Crippen molar-refractivity contribution in [1.82, 2.24) is 10.6 Å². The van der Waals surface area contributed by atoms with E-state index in [2.05, 4.69) is 17.6 Å². The third-order valence-electron chi connectivity index (χ3n) is 7.45. The van der Waals surface area contributed by atoms with Crippen LogP contribution in [0.1, 0.15) is 72.1 Å². The van der Waals surface area contributed by atoms with Crippen LogP contribution < -0.4 is 10.6 Å². The number of hydrogen-bond acceptors (Lipinski definition) is 2. The molecule has 0 radical (unpaired) electrons. The molecular formula is C21H34N2O2. The van der Waals surface area contributed by atoms with Gasteiger partial charge in [-0.2, -0.15) is 0 Å². The van der Waals surface area contributed by atoms with Crippen LogP contribution in [0.4, 0.5) is 0 Å². The quantitative estimate of drug-likeness (QED) is 0.775. The third kappa shape index (κ3) is 3.33. The first-order valence-corrected chi connectivity index (χ1v) is 10.5. The summed E-state index contributed by atoms with van der Waals surface area (Å²) < 4.78 is 0. The Labute approximate surface area is 151 Å². The molecule has 2 atom stereocenters. The number of rotatable bonds is 6. The van der Waals surface area contributed by atoms with Crippen molar-refractivity contribution in [3.8, 4) is 0 Å². The maximum atomic E-state index is 13.3. The zero-order chi connectivity index (χ0) is 17.8. The Bertz CT molecular complexity index is 517. The minimum absolute atomic E-state index is 0.00692. The van der Waals surface area contributed by atoms with Gasteiger partial charge in [-0.25, -0.2) is 0 Å². The second-order valence-electron chi connectivity index (χ2n) is 10.0. The Morgan fingerprint density at radius 3 is 1.84 bits per heavy atom. The van der Waals surface area contributed by atoms with Gasteiger partial charge in [0.1, 0.15) is 6.04 Å². The van der Waals surface area contributed by atoms with Crippen LogP contribution in [0.3, 0.4) is 0 Å². The van der Waals surface area contributed by atoms with E-state index >= 15 is 0 Å². The largest absolute Gasteiger partial charge is 0.352 e. The predicted octanol–water partition coefficient (Wildman–Crippen LogP) is 3.26. The molecule has 0 saturated heterocycles. The molecule has 0 spiro atoms. The lowest BCUT2D eigenvalue weighted by Gasteiger charge is -2.55. The molecule has 0 aromatic carbocycles. The summed E-state index contributed by atoms with van der Waals surface area (Å²) >= 11 is 0. The first-order valence-electron chi connectivity index (χ1n) is 10.5.